The Hall–Kier alpha value is -4.06. The Bertz CT molecular complexity index is 1350. The van der Waals surface area contributed by atoms with Crippen molar-refractivity contribution < 1.29 is 13.9 Å². The molecule has 5 rings (SSSR count). The van der Waals surface area contributed by atoms with Gasteiger partial charge in [-0.2, -0.15) is 5.10 Å². The summed E-state index contributed by atoms with van der Waals surface area (Å²) in [5.41, 5.74) is 3.57. The monoisotopic (exact) mass is 467 g/mol. The quantitative estimate of drug-likeness (QED) is 0.453. The van der Waals surface area contributed by atoms with Crippen LogP contribution in [0.3, 0.4) is 0 Å². The summed E-state index contributed by atoms with van der Waals surface area (Å²) in [5, 5.41) is 4.42. The van der Waals surface area contributed by atoms with Crippen LogP contribution in [-0.2, 0) is 9.53 Å². The average molecular weight is 468 g/mol. The number of rotatable bonds is 5. The molecule has 35 heavy (non-hydrogen) atoms. The van der Waals surface area contributed by atoms with Crippen LogP contribution in [-0.4, -0.2) is 28.9 Å². The van der Waals surface area contributed by atoms with Gasteiger partial charge in [-0.1, -0.05) is 42.5 Å². The minimum atomic E-state index is -0.275. The molecule has 0 bridgehead atoms. The number of Topliss-reactive ketones (excluding diaryl/α,β-unsaturated/α-hetero) is 1. The first kappa shape index (κ1) is 22.7. The molecule has 176 valence electrons. The van der Waals surface area contributed by atoms with Gasteiger partial charge in [0.05, 0.1) is 24.7 Å². The predicted octanol–water partition coefficient (Wildman–Crippen LogP) is 6.14. The number of benzene rings is 2. The van der Waals surface area contributed by atoms with Crippen molar-refractivity contribution in [1.82, 2.24) is 9.78 Å². The maximum Gasteiger partial charge on any atom is 0.229 e. The van der Waals surface area contributed by atoms with E-state index in [9.17, 15) is 4.79 Å². The van der Waals surface area contributed by atoms with E-state index in [1.54, 1.807) is 29.2 Å². The lowest BCUT2D eigenvalue weighted by Gasteiger charge is -2.21. The number of ether oxygens (including phenoxy) is 1. The molecule has 2 heterocycles. The van der Waals surface area contributed by atoms with Gasteiger partial charge in [-0.25, -0.2) is 9.07 Å². The van der Waals surface area contributed by atoms with Crippen LogP contribution in [0.25, 0.3) is 11.3 Å². The first-order valence-electron chi connectivity index (χ1n) is 11.7. The van der Waals surface area contributed by atoms with Crippen LogP contribution in [0, 0.1) is 5.82 Å². The molecule has 0 saturated heterocycles. The van der Waals surface area contributed by atoms with E-state index in [4.69, 9.17) is 4.74 Å². The number of hydrogen-bond acceptors (Lipinski definition) is 4. The fraction of sp³-hybridized carbons (Fsp3) is 0.207. The SMILES string of the molecule is COC1=CC(c2ccc(C3C=CN=CC3)cc2F)CCC=C(c2ccnn2-c2ccccc2)C1=O. The lowest BCUT2D eigenvalue weighted by atomic mass is 9.86. The molecule has 0 fully saturated rings. The van der Waals surface area contributed by atoms with Crippen molar-refractivity contribution in [2.75, 3.05) is 7.11 Å². The fourth-order valence-corrected chi connectivity index (χ4v) is 4.67. The second kappa shape index (κ2) is 10.1. The summed E-state index contributed by atoms with van der Waals surface area (Å²) in [5.74, 6) is -0.451. The maximum atomic E-state index is 15.3. The molecule has 0 spiro atoms. The van der Waals surface area contributed by atoms with Crippen LogP contribution in [0.2, 0.25) is 0 Å². The number of aliphatic imine (C=N–C) groups is 1. The summed E-state index contributed by atoms with van der Waals surface area (Å²) in [4.78, 5) is 17.6. The second-order valence-electron chi connectivity index (χ2n) is 8.63. The van der Waals surface area contributed by atoms with E-state index in [0.29, 0.717) is 29.7 Å². The minimum absolute atomic E-state index is 0.125. The number of carbonyl (C=O) groups is 1. The third-order valence-corrected chi connectivity index (χ3v) is 6.51. The van der Waals surface area contributed by atoms with E-state index in [1.165, 1.54) is 7.11 Å². The summed E-state index contributed by atoms with van der Waals surface area (Å²) in [7, 11) is 1.48. The van der Waals surface area contributed by atoms with Gasteiger partial charge in [0.15, 0.2) is 5.76 Å². The molecule has 1 aromatic heterocycles. The van der Waals surface area contributed by atoms with Crippen LogP contribution in [0.4, 0.5) is 4.39 Å². The van der Waals surface area contributed by atoms with Gasteiger partial charge in [0, 0.05) is 29.8 Å². The van der Waals surface area contributed by atoms with E-state index < -0.39 is 0 Å². The number of nitrogens with zero attached hydrogens (tertiary/aromatic N) is 3. The zero-order valence-corrected chi connectivity index (χ0v) is 19.5. The first-order chi connectivity index (χ1) is 17.2. The van der Waals surface area contributed by atoms with Crippen LogP contribution in [0.1, 0.15) is 47.9 Å². The molecule has 0 amide bonds. The Morgan fingerprint density at radius 1 is 1.09 bits per heavy atom. The summed E-state index contributed by atoms with van der Waals surface area (Å²) >= 11 is 0. The Morgan fingerprint density at radius 2 is 1.94 bits per heavy atom. The Kier molecular flexibility index (Phi) is 6.53. The van der Waals surface area contributed by atoms with Crippen molar-refractivity contribution in [1.29, 1.82) is 0 Å². The Balaban J connectivity index is 1.44. The van der Waals surface area contributed by atoms with E-state index in [1.807, 2.05) is 66.9 Å². The normalized spacial score (nSPS) is 20.1. The summed E-state index contributed by atoms with van der Waals surface area (Å²) in [6.45, 7) is 0. The van der Waals surface area contributed by atoms with Crippen molar-refractivity contribution >= 4 is 17.6 Å². The molecule has 0 N–H and O–H groups in total. The smallest absolute Gasteiger partial charge is 0.229 e. The lowest BCUT2D eigenvalue weighted by Crippen LogP contribution is -2.15. The van der Waals surface area contributed by atoms with Crippen molar-refractivity contribution in [3.63, 3.8) is 0 Å². The largest absolute Gasteiger partial charge is 0.493 e. The van der Waals surface area contributed by atoms with E-state index in [-0.39, 0.29) is 29.2 Å². The van der Waals surface area contributed by atoms with Crippen molar-refractivity contribution in [3.05, 3.63) is 114 Å². The van der Waals surface area contributed by atoms with E-state index in [2.05, 4.69) is 10.1 Å². The molecule has 2 unspecified atom stereocenters. The van der Waals surface area contributed by atoms with Crippen molar-refractivity contribution in [3.8, 4) is 5.69 Å². The van der Waals surface area contributed by atoms with Gasteiger partial charge in [0.25, 0.3) is 0 Å². The number of aromatic nitrogens is 2. The molecular formula is C29H26FN3O2. The van der Waals surface area contributed by atoms with E-state index >= 15 is 4.39 Å². The third kappa shape index (κ3) is 4.64. The number of ketones is 1. The summed E-state index contributed by atoms with van der Waals surface area (Å²) in [6, 6.07) is 16.9. The van der Waals surface area contributed by atoms with Gasteiger partial charge >= 0.3 is 0 Å². The zero-order valence-electron chi connectivity index (χ0n) is 19.5. The summed E-state index contributed by atoms with van der Waals surface area (Å²) < 4.78 is 22.5. The van der Waals surface area contributed by atoms with Crippen LogP contribution < -0.4 is 0 Å². The van der Waals surface area contributed by atoms with Crippen molar-refractivity contribution in [2.24, 2.45) is 4.99 Å². The Morgan fingerprint density at radius 3 is 2.69 bits per heavy atom. The maximum absolute atomic E-state index is 15.3. The number of hydrogen-bond donors (Lipinski definition) is 0. The Labute approximate surface area is 204 Å². The van der Waals surface area contributed by atoms with Crippen LogP contribution >= 0.6 is 0 Å². The van der Waals surface area contributed by atoms with Gasteiger partial charge in [-0.15, -0.1) is 0 Å². The van der Waals surface area contributed by atoms with Crippen LogP contribution in [0.15, 0.2) is 96.0 Å². The molecule has 0 radical (unpaired) electrons. The molecule has 3 aromatic rings. The predicted molar refractivity (Wildman–Crippen MR) is 135 cm³/mol. The van der Waals surface area contributed by atoms with Crippen LogP contribution in [0.5, 0.6) is 0 Å². The minimum Gasteiger partial charge on any atom is -0.493 e. The number of halogens is 1. The first-order valence-corrected chi connectivity index (χ1v) is 11.7. The average Bonchev–Trinajstić information content (AvgIpc) is 3.38. The molecule has 1 aliphatic carbocycles. The highest BCUT2D eigenvalue weighted by atomic mass is 19.1. The third-order valence-electron chi connectivity index (χ3n) is 6.51. The highest BCUT2D eigenvalue weighted by Crippen LogP contribution is 2.34. The number of methoxy groups -OCH3 is 1. The number of para-hydroxylation sites is 1. The standard InChI is InChI=1S/C29H26FN3O2/c1-35-28-19-22(24-11-10-21(18-26(24)30)20-12-15-31-16-13-20)6-5-9-25(29(28)34)27-14-17-32-33(27)23-7-3-2-4-8-23/h2-4,7-12,14-20,22H,5-6,13H2,1H3. The van der Waals surface area contributed by atoms with Gasteiger partial charge in [-0.3, -0.25) is 9.79 Å². The number of carbonyl (C=O) groups excluding carboxylic acids is 1. The summed E-state index contributed by atoms with van der Waals surface area (Å²) in [6.07, 6.45) is 12.9. The topological polar surface area (TPSA) is 56.5 Å². The molecule has 1 aliphatic heterocycles. The second-order valence-corrected chi connectivity index (χ2v) is 8.63. The molecule has 2 aliphatic rings. The molecule has 2 atom stereocenters. The molecule has 0 saturated carbocycles. The molecular weight excluding hydrogens is 441 g/mol. The lowest BCUT2D eigenvalue weighted by molar-refractivity contribution is -0.113. The van der Waals surface area contributed by atoms with E-state index in [0.717, 1.165) is 17.7 Å². The van der Waals surface area contributed by atoms with Gasteiger partial charge < -0.3 is 4.74 Å². The van der Waals surface area contributed by atoms with Gasteiger partial charge in [0.1, 0.15) is 5.82 Å². The highest BCUT2D eigenvalue weighted by molar-refractivity contribution is 6.27. The molecule has 2 aromatic carbocycles. The highest BCUT2D eigenvalue weighted by Gasteiger charge is 2.26. The zero-order chi connectivity index (χ0) is 24.2. The number of allylic oxidation sites excluding steroid dienone is 4. The van der Waals surface area contributed by atoms with Crippen molar-refractivity contribution in [2.45, 2.75) is 31.1 Å². The van der Waals surface area contributed by atoms with Gasteiger partial charge in [0.2, 0.25) is 5.78 Å². The fourth-order valence-electron chi connectivity index (χ4n) is 4.67. The molecule has 6 heteroatoms. The van der Waals surface area contributed by atoms with Gasteiger partial charge in [-0.05, 0) is 60.7 Å². The molecule has 5 nitrogen and oxygen atoms in total.